The maximum Gasteiger partial charge on any atom is 0 e. The fourth-order valence-corrected chi connectivity index (χ4v) is 0. The highest BCUT2D eigenvalue weighted by atomic mass is 13.2. The Morgan fingerprint density at radius 3 is 0.750 bits per heavy atom. The van der Waals surface area contributed by atoms with Crippen LogP contribution in [0.15, 0.2) is 0 Å². The van der Waals surface area contributed by atoms with E-state index in [0.717, 1.165) is 0 Å². The lowest BCUT2D eigenvalue weighted by atomic mass is 10.9. The summed E-state index contributed by atoms with van der Waals surface area (Å²) in [5.74, 6) is 2.25. The van der Waals surface area contributed by atoms with Crippen molar-refractivity contribution in [1.82, 2.24) is 0 Å². The maximum absolute atomic E-state index is 5.00. The maximum atomic E-state index is 5.00. The number of hydrogen-bond donors (Lipinski definition) is 0. The molecule has 0 atom stereocenters. The highest BCUT2D eigenvalue weighted by Crippen LogP contribution is 1.21. The van der Waals surface area contributed by atoms with Crippen LogP contribution in [0.25, 0.3) is 0 Å². The molecule has 0 heterocycles. The van der Waals surface area contributed by atoms with Crippen LogP contribution in [0.1, 0.15) is 85.5 Å². The van der Waals surface area contributed by atoms with Crippen LogP contribution in [0.4, 0.5) is 0 Å². The average Bonchev–Trinajstić information content (AvgIpc) is 2.01. The molecule has 98 valence electrons. The first-order chi connectivity index (χ1) is 4.41. The average molecular weight is 211 g/mol. The summed E-state index contributed by atoms with van der Waals surface area (Å²) in [6, 6.07) is 0. The smallest absolute Gasteiger partial charge is 0 e. The van der Waals surface area contributed by atoms with Crippen molar-refractivity contribution < 1.29 is 11.8 Å². The van der Waals surface area contributed by atoms with Crippen molar-refractivity contribution >= 4 is 0 Å². The van der Waals surface area contributed by atoms with Gasteiger partial charge in [-0.15, -0.1) is 12.3 Å². The van der Waals surface area contributed by atoms with Crippen LogP contribution in [0.3, 0.4) is 0 Å². The fraction of sp³-hybridized carbons (Fsp3) is 0.833. The number of rotatable bonds is 0. The van der Waals surface area contributed by atoms with Crippen molar-refractivity contribution in [2.75, 3.05) is 0 Å². The zero-order chi connectivity index (χ0) is 8.71. The molecule has 0 radical (unpaired) electrons. The molecule has 12 heavy (non-hydrogen) atoms. The summed E-state index contributed by atoms with van der Waals surface area (Å²) in [5, 5.41) is 0. The first kappa shape index (κ1) is 62.0. The Bertz CT molecular complexity index is 40.9. The highest BCUT2D eigenvalue weighted by molar-refractivity contribution is 4.73. The van der Waals surface area contributed by atoms with Gasteiger partial charge in [-0.2, -0.15) is 0 Å². The van der Waals surface area contributed by atoms with Crippen LogP contribution in [0.2, 0.25) is 0 Å². The lowest BCUT2D eigenvalue weighted by Gasteiger charge is -1.23. The lowest BCUT2D eigenvalue weighted by Crippen LogP contribution is -1.10. The van der Waals surface area contributed by atoms with E-state index in [4.69, 9.17) is 8.91 Å². The predicted octanol–water partition coefficient (Wildman–Crippen LogP) is 7.59. The SMILES string of the molecule is C.C.C.C.C.C.C.C.C.C#CC.[3HH].[3HH].[3H][3H].[3H][3H].[3H][3H]. The minimum Gasteiger partial charge on any atom is -0.120 e. The molecule has 0 aromatic rings. The molecule has 0 fully saturated rings. The molecule has 0 spiro atoms. The summed E-state index contributed by atoms with van der Waals surface area (Å²) in [6.07, 6.45) is 4.60. The van der Waals surface area contributed by atoms with Gasteiger partial charge in [0, 0.05) is 11.8 Å². The second kappa shape index (κ2) is 3080. The molecule has 0 heteroatoms. The number of terminal acetylenes is 1. The molecule has 0 aromatic heterocycles. The second-order valence-corrected chi connectivity index (χ2v) is 0.289. The van der Waals surface area contributed by atoms with Crippen molar-refractivity contribution in [2.24, 2.45) is 0 Å². The van der Waals surface area contributed by atoms with Crippen LogP contribution in [-0.2, 0) is 0 Å². The Morgan fingerprint density at radius 2 is 0.750 bits per heavy atom. The Hall–Kier alpha value is -0.440. The quantitative estimate of drug-likeness (QED) is 0.361. The van der Waals surface area contributed by atoms with Crippen molar-refractivity contribution in [2.45, 2.75) is 73.8 Å². The molecular weight excluding hydrogens is 144 g/mol. The van der Waals surface area contributed by atoms with E-state index >= 15 is 0 Å². The van der Waals surface area contributed by atoms with Gasteiger partial charge in [0.1, 0.15) is 0 Å². The zero-order valence-electron chi connectivity index (χ0n) is 8.08. The molecule has 0 amide bonds. The molecule has 0 aliphatic carbocycles. The molecule has 0 aromatic carbocycles. The standard InChI is InChI=1S/C3H4.9CH4.5H2/c1-3-2;;;;;;;;;;;;;;/h1H,2H3;9*1H4;5*1H/i;;;;;;;;;;3*1+2T;2*1+2. The first-order valence-corrected chi connectivity index (χ1v) is 0.789. The minimum atomic E-state index is 0. The molecule has 0 saturated heterocycles. The fourth-order valence-electron chi connectivity index (χ4n) is 0. The predicted molar refractivity (Wildman–Crippen MR) is 85.7 cm³/mol. The Balaban J connectivity index is -0.00000000109. The molecule has 0 nitrogen and oxygen atoms in total. The van der Waals surface area contributed by atoms with Gasteiger partial charge in [0.05, 0.1) is 0 Å². The minimum absolute atomic E-state index is 0. The van der Waals surface area contributed by atoms with E-state index in [1.54, 1.807) is 6.92 Å². The molecule has 0 bridgehead atoms. The van der Waals surface area contributed by atoms with E-state index in [9.17, 15) is 0 Å². The molecule has 0 unspecified atom stereocenters. The van der Waals surface area contributed by atoms with Crippen molar-refractivity contribution in [3.05, 3.63) is 0 Å². The molecule has 0 rings (SSSR count). The molecule has 0 aliphatic heterocycles. The van der Waals surface area contributed by atoms with E-state index in [1.165, 1.54) is 0 Å². The summed E-state index contributed by atoms with van der Waals surface area (Å²) in [7, 11) is 0. The molecule has 0 aliphatic rings. The third kappa shape index (κ3) is 3620. The van der Waals surface area contributed by atoms with E-state index in [2.05, 4.69) is 12.3 Å². The van der Waals surface area contributed by atoms with Crippen LogP contribution in [0, 0.1) is 12.3 Å². The van der Waals surface area contributed by atoms with Gasteiger partial charge in [0.15, 0.2) is 0 Å². The van der Waals surface area contributed by atoms with Crippen LogP contribution in [0.5, 0.6) is 0 Å². The normalized spacial score (nSPS) is 2.67. The summed E-state index contributed by atoms with van der Waals surface area (Å²) < 4.78 is 30.0. The van der Waals surface area contributed by atoms with E-state index in [-0.39, 0.29) is 69.7 Å². The third-order valence-corrected chi connectivity index (χ3v) is 0. The van der Waals surface area contributed by atoms with E-state index in [1.807, 2.05) is 0 Å². The van der Waals surface area contributed by atoms with Gasteiger partial charge in [0.2, 0.25) is 0 Å². The van der Waals surface area contributed by atoms with Gasteiger partial charge in [-0.05, 0) is 6.92 Å². The highest BCUT2D eigenvalue weighted by Gasteiger charge is 1.09. The van der Waals surface area contributed by atoms with E-state index in [0.29, 0.717) is 0 Å². The Morgan fingerprint density at radius 1 is 0.750 bits per heavy atom. The van der Waals surface area contributed by atoms with Gasteiger partial charge in [0.25, 0.3) is 0 Å². The van der Waals surface area contributed by atoms with Crippen molar-refractivity contribution in [3.8, 4) is 12.3 Å². The molecule has 0 saturated carbocycles. The van der Waals surface area contributed by atoms with Gasteiger partial charge < -0.3 is 0 Å². The van der Waals surface area contributed by atoms with E-state index < -0.39 is 0 Å². The topological polar surface area (TPSA) is 0 Å². The van der Waals surface area contributed by atoms with Gasteiger partial charge in [-0.1, -0.05) is 66.8 Å². The first-order valence-electron chi connectivity index (χ1n) is 3.79. The van der Waals surface area contributed by atoms with Gasteiger partial charge in [-0.25, -0.2) is 0 Å². The summed E-state index contributed by atoms with van der Waals surface area (Å²) in [4.78, 5) is 0. The van der Waals surface area contributed by atoms with Crippen LogP contribution >= 0.6 is 0 Å². The van der Waals surface area contributed by atoms with Crippen LogP contribution < -0.4 is 0 Å². The van der Waals surface area contributed by atoms with Crippen molar-refractivity contribution in [3.63, 3.8) is 0 Å². The summed E-state index contributed by atoms with van der Waals surface area (Å²) >= 11 is 0. The van der Waals surface area contributed by atoms with Crippen molar-refractivity contribution in [1.29, 1.82) is 0 Å². The van der Waals surface area contributed by atoms with Gasteiger partial charge >= 0.3 is 0 Å². The molecular formula is C12H50. The van der Waals surface area contributed by atoms with Gasteiger partial charge in [-0.3, -0.25) is 0 Å². The summed E-state index contributed by atoms with van der Waals surface area (Å²) in [5.41, 5.74) is 0. The third-order valence-electron chi connectivity index (χ3n) is 0. The monoisotopic (exact) mass is 210 g/mol. The molecule has 0 N–H and O–H groups in total. The Kier molecular flexibility index (Phi) is 15900. The van der Waals surface area contributed by atoms with Crippen LogP contribution in [-0.4, -0.2) is 0 Å². The second-order valence-electron chi connectivity index (χ2n) is 0.289. The number of hydrogen-bond acceptors (Lipinski definition) is 0. The lowest BCUT2D eigenvalue weighted by molar-refractivity contribution is 1.94. The largest absolute Gasteiger partial charge is 0.120 e. The zero-order valence-corrected chi connectivity index (χ0v) is 2.08. The Labute approximate surface area is 99.0 Å². The summed E-state index contributed by atoms with van der Waals surface area (Å²) in [6.45, 7) is 1.65.